The highest BCUT2D eigenvalue weighted by molar-refractivity contribution is 5.77. The van der Waals surface area contributed by atoms with Gasteiger partial charge in [-0.2, -0.15) is 0 Å². The smallest absolute Gasteiger partial charge is 0.305 e. The van der Waals surface area contributed by atoms with E-state index in [1.54, 1.807) is 7.05 Å². The molecule has 12 heavy (non-hydrogen) atoms. The van der Waals surface area contributed by atoms with Gasteiger partial charge in [-0.1, -0.05) is 0 Å². The third-order valence-electron chi connectivity index (χ3n) is 1.35. The van der Waals surface area contributed by atoms with Gasteiger partial charge in [0.05, 0.1) is 6.42 Å². The van der Waals surface area contributed by atoms with Crippen LogP contribution in [0.1, 0.15) is 6.42 Å². The van der Waals surface area contributed by atoms with Gasteiger partial charge >= 0.3 is 5.97 Å². The van der Waals surface area contributed by atoms with Crippen LogP contribution < -0.4 is 0 Å². The minimum Gasteiger partial charge on any atom is -0.481 e. The molecule has 0 fully saturated rings. The molecular formula is C7H13NO4. The quantitative estimate of drug-likeness (QED) is 0.615. The van der Waals surface area contributed by atoms with Gasteiger partial charge in [0, 0.05) is 20.7 Å². The molecule has 0 saturated carbocycles. The molecule has 0 heterocycles. The highest BCUT2D eigenvalue weighted by Gasteiger charge is 2.08. The summed E-state index contributed by atoms with van der Waals surface area (Å²) in [4.78, 5) is 22.4. The van der Waals surface area contributed by atoms with Crippen molar-refractivity contribution in [2.75, 3.05) is 27.3 Å². The number of methoxy groups -OCH3 is 1. The summed E-state index contributed by atoms with van der Waals surface area (Å²) in [6.07, 6.45) is -0.0358. The summed E-state index contributed by atoms with van der Waals surface area (Å²) < 4.78 is 4.59. The fourth-order valence-electron chi connectivity index (χ4n) is 0.622. The Balaban J connectivity index is 3.63. The lowest BCUT2D eigenvalue weighted by Crippen LogP contribution is -2.31. The van der Waals surface area contributed by atoms with Gasteiger partial charge < -0.3 is 14.7 Å². The normalized spacial score (nSPS) is 9.50. The van der Waals surface area contributed by atoms with E-state index in [1.807, 2.05) is 0 Å². The second kappa shape index (κ2) is 5.54. The summed E-state index contributed by atoms with van der Waals surface area (Å²) in [6.45, 7) is 0.216. The van der Waals surface area contributed by atoms with E-state index in [0.717, 1.165) is 0 Å². The molecule has 5 nitrogen and oxygen atoms in total. The van der Waals surface area contributed by atoms with E-state index < -0.39 is 5.97 Å². The van der Waals surface area contributed by atoms with Crippen LogP contribution in [0.3, 0.4) is 0 Å². The molecule has 0 aliphatic carbocycles. The molecule has 0 radical (unpaired) electrons. The molecule has 0 unspecified atom stereocenters. The second-order valence-electron chi connectivity index (χ2n) is 2.39. The minimum absolute atomic E-state index is 0.00385. The van der Waals surface area contributed by atoms with Crippen LogP contribution in [0.15, 0.2) is 0 Å². The van der Waals surface area contributed by atoms with Crippen LogP contribution >= 0.6 is 0 Å². The Morgan fingerprint density at radius 2 is 2.08 bits per heavy atom. The maximum Gasteiger partial charge on any atom is 0.305 e. The molecule has 70 valence electrons. The zero-order chi connectivity index (χ0) is 9.56. The molecule has 1 amide bonds. The van der Waals surface area contributed by atoms with Gasteiger partial charge in [-0.05, 0) is 0 Å². The van der Waals surface area contributed by atoms with E-state index in [0.29, 0.717) is 0 Å². The summed E-state index contributed by atoms with van der Waals surface area (Å²) in [5.74, 6) is -1.12. The average molecular weight is 175 g/mol. The summed E-state index contributed by atoms with van der Waals surface area (Å²) in [5, 5.41) is 8.30. The maximum atomic E-state index is 11.0. The van der Waals surface area contributed by atoms with Crippen LogP contribution in [0.5, 0.6) is 0 Å². The molecule has 0 spiro atoms. The first-order valence-electron chi connectivity index (χ1n) is 3.52. The van der Waals surface area contributed by atoms with Crippen molar-refractivity contribution in [3.05, 3.63) is 0 Å². The predicted octanol–water partition coefficient (Wildman–Crippen LogP) is -0.434. The number of amides is 1. The fraction of sp³-hybridized carbons (Fsp3) is 0.714. The second-order valence-corrected chi connectivity index (χ2v) is 2.39. The van der Waals surface area contributed by atoms with E-state index in [2.05, 4.69) is 4.74 Å². The molecule has 0 aromatic heterocycles. The van der Waals surface area contributed by atoms with Crippen LogP contribution in [0.4, 0.5) is 0 Å². The molecule has 0 rings (SSSR count). The molecule has 0 bridgehead atoms. The largest absolute Gasteiger partial charge is 0.481 e. The molecule has 0 saturated heterocycles. The Bertz CT molecular complexity index is 169. The minimum atomic E-state index is -0.910. The molecule has 1 N–H and O–H groups in total. The lowest BCUT2D eigenvalue weighted by Gasteiger charge is -2.14. The molecule has 0 aliphatic heterocycles. The zero-order valence-electron chi connectivity index (χ0n) is 7.24. The maximum absolute atomic E-state index is 11.0. The topological polar surface area (TPSA) is 66.8 Å². The van der Waals surface area contributed by atoms with Crippen molar-refractivity contribution in [1.82, 2.24) is 4.90 Å². The number of likely N-dealkylation sites (N-methyl/N-ethyl adjacent to an activating group) is 1. The number of carboxylic acids is 1. The van der Waals surface area contributed by atoms with Gasteiger partial charge in [0.1, 0.15) is 6.61 Å². The Morgan fingerprint density at radius 3 is 2.50 bits per heavy atom. The molecular weight excluding hydrogens is 162 g/mol. The van der Waals surface area contributed by atoms with Crippen molar-refractivity contribution >= 4 is 11.9 Å². The Hall–Kier alpha value is -1.10. The SMILES string of the molecule is COCC(=O)N(C)CCC(=O)O. The van der Waals surface area contributed by atoms with E-state index in [1.165, 1.54) is 12.0 Å². The van der Waals surface area contributed by atoms with Crippen molar-refractivity contribution in [2.24, 2.45) is 0 Å². The van der Waals surface area contributed by atoms with Crippen molar-refractivity contribution in [1.29, 1.82) is 0 Å². The van der Waals surface area contributed by atoms with Crippen LogP contribution in [0.2, 0.25) is 0 Å². The summed E-state index contributed by atoms with van der Waals surface area (Å²) in [6, 6.07) is 0. The van der Waals surface area contributed by atoms with Gasteiger partial charge in [-0.25, -0.2) is 0 Å². The summed E-state index contributed by atoms with van der Waals surface area (Å²) in [7, 11) is 2.97. The average Bonchev–Trinajstić information content (AvgIpc) is 2.00. The Morgan fingerprint density at radius 1 is 1.50 bits per heavy atom. The fourth-order valence-corrected chi connectivity index (χ4v) is 0.622. The third-order valence-corrected chi connectivity index (χ3v) is 1.35. The standard InChI is InChI=1S/C7H13NO4/c1-8(4-3-7(10)11)6(9)5-12-2/h3-5H2,1-2H3,(H,10,11). The number of hydrogen-bond acceptors (Lipinski definition) is 3. The summed E-state index contributed by atoms with van der Waals surface area (Å²) in [5.41, 5.74) is 0. The van der Waals surface area contributed by atoms with Gasteiger partial charge in [-0.15, -0.1) is 0 Å². The van der Waals surface area contributed by atoms with Crippen molar-refractivity contribution in [2.45, 2.75) is 6.42 Å². The number of hydrogen-bond donors (Lipinski definition) is 1. The lowest BCUT2D eigenvalue weighted by molar-refractivity contribution is -0.139. The number of carboxylic acid groups (broad SMARTS) is 1. The number of carbonyl (C=O) groups excluding carboxylic acids is 1. The van der Waals surface area contributed by atoms with Gasteiger partial charge in [-0.3, -0.25) is 9.59 Å². The molecule has 0 aromatic carbocycles. The highest BCUT2D eigenvalue weighted by atomic mass is 16.5. The van der Waals surface area contributed by atoms with Crippen LogP contribution in [-0.2, 0) is 14.3 Å². The van der Waals surface area contributed by atoms with Crippen LogP contribution in [0, 0.1) is 0 Å². The number of nitrogens with zero attached hydrogens (tertiary/aromatic N) is 1. The Labute approximate surface area is 70.9 Å². The van der Waals surface area contributed by atoms with Gasteiger partial charge in [0.2, 0.25) is 5.91 Å². The molecule has 0 atom stereocenters. The zero-order valence-corrected chi connectivity index (χ0v) is 7.24. The van der Waals surface area contributed by atoms with Crippen LogP contribution in [-0.4, -0.2) is 49.2 Å². The number of ether oxygens (including phenoxy) is 1. The first kappa shape index (κ1) is 10.9. The first-order chi connectivity index (χ1) is 5.57. The predicted molar refractivity (Wildman–Crippen MR) is 41.8 cm³/mol. The monoisotopic (exact) mass is 175 g/mol. The van der Waals surface area contributed by atoms with E-state index >= 15 is 0 Å². The third kappa shape index (κ3) is 4.68. The highest BCUT2D eigenvalue weighted by Crippen LogP contribution is 1.89. The van der Waals surface area contributed by atoms with Crippen molar-refractivity contribution in [3.8, 4) is 0 Å². The van der Waals surface area contributed by atoms with Crippen molar-refractivity contribution < 1.29 is 19.4 Å². The molecule has 0 aromatic rings. The van der Waals surface area contributed by atoms with Crippen LogP contribution in [0.25, 0.3) is 0 Å². The van der Waals surface area contributed by atoms with E-state index in [-0.39, 0.29) is 25.5 Å². The summed E-state index contributed by atoms with van der Waals surface area (Å²) >= 11 is 0. The number of carbonyl (C=O) groups is 2. The molecule has 5 heteroatoms. The number of rotatable bonds is 5. The molecule has 0 aliphatic rings. The van der Waals surface area contributed by atoms with Gasteiger partial charge in [0.25, 0.3) is 0 Å². The van der Waals surface area contributed by atoms with Gasteiger partial charge in [0.15, 0.2) is 0 Å². The number of aliphatic carboxylic acids is 1. The first-order valence-corrected chi connectivity index (χ1v) is 3.52. The lowest BCUT2D eigenvalue weighted by atomic mass is 10.4. The van der Waals surface area contributed by atoms with E-state index in [4.69, 9.17) is 5.11 Å². The Kier molecular flexibility index (Phi) is 5.03. The van der Waals surface area contributed by atoms with Crippen molar-refractivity contribution in [3.63, 3.8) is 0 Å². The van der Waals surface area contributed by atoms with E-state index in [9.17, 15) is 9.59 Å².